The standard InChI is InChI=1S/C18H18N2O4S/c1-12-6-5-7-13(2)17(12)19-16(21)10-11-20-18(22)14-8-3-4-9-15(14)25(20,23)24/h3-9H,10-11H2,1-2H3,(H,19,21). The number of fused-ring (bicyclic) bond motifs is 1. The number of anilines is 1. The van der Waals surface area contributed by atoms with Crippen molar-refractivity contribution in [2.75, 3.05) is 11.9 Å². The lowest BCUT2D eigenvalue weighted by molar-refractivity contribution is -0.116. The van der Waals surface area contributed by atoms with E-state index in [0.29, 0.717) is 5.69 Å². The molecule has 1 N–H and O–H groups in total. The molecule has 2 aromatic rings. The van der Waals surface area contributed by atoms with Gasteiger partial charge in [-0.2, -0.15) is 0 Å². The number of carbonyl (C=O) groups excluding carboxylic acids is 2. The maximum absolute atomic E-state index is 12.4. The number of sulfonamides is 1. The summed E-state index contributed by atoms with van der Waals surface area (Å²) in [4.78, 5) is 24.5. The number of hydrogen-bond acceptors (Lipinski definition) is 4. The second-order valence-electron chi connectivity index (χ2n) is 5.94. The smallest absolute Gasteiger partial charge is 0.269 e. The quantitative estimate of drug-likeness (QED) is 0.910. The van der Waals surface area contributed by atoms with E-state index >= 15 is 0 Å². The number of hydrogen-bond donors (Lipinski definition) is 1. The van der Waals surface area contributed by atoms with Crippen LogP contribution in [0, 0.1) is 13.8 Å². The number of rotatable bonds is 4. The van der Waals surface area contributed by atoms with E-state index in [1.165, 1.54) is 12.1 Å². The molecule has 1 aliphatic rings. The Hall–Kier alpha value is -2.67. The Labute approximate surface area is 146 Å². The first-order valence-corrected chi connectivity index (χ1v) is 9.28. The van der Waals surface area contributed by atoms with Crippen molar-refractivity contribution in [3.05, 3.63) is 59.2 Å². The second-order valence-corrected chi connectivity index (χ2v) is 7.77. The van der Waals surface area contributed by atoms with Crippen LogP contribution in [0.2, 0.25) is 0 Å². The third-order valence-electron chi connectivity index (χ3n) is 4.20. The van der Waals surface area contributed by atoms with E-state index in [1.807, 2.05) is 32.0 Å². The van der Waals surface area contributed by atoms with Gasteiger partial charge in [0.1, 0.15) is 4.90 Å². The Bertz CT molecular complexity index is 947. The normalized spacial score (nSPS) is 15.1. The maximum atomic E-state index is 12.4. The Balaban J connectivity index is 1.72. The van der Waals surface area contributed by atoms with E-state index in [2.05, 4.69) is 5.32 Å². The molecule has 0 atom stereocenters. The van der Waals surface area contributed by atoms with E-state index in [1.54, 1.807) is 12.1 Å². The van der Waals surface area contributed by atoms with Crippen molar-refractivity contribution in [1.82, 2.24) is 4.31 Å². The lowest BCUT2D eigenvalue weighted by atomic mass is 10.1. The molecule has 0 bridgehead atoms. The molecule has 3 rings (SSSR count). The molecule has 0 aromatic heterocycles. The number of nitrogens with zero attached hydrogens (tertiary/aromatic N) is 1. The Morgan fingerprint density at radius 2 is 1.68 bits per heavy atom. The van der Waals surface area contributed by atoms with Gasteiger partial charge in [-0.25, -0.2) is 12.7 Å². The zero-order valence-corrected chi connectivity index (χ0v) is 14.8. The summed E-state index contributed by atoms with van der Waals surface area (Å²) in [5, 5.41) is 2.79. The predicted molar refractivity (Wildman–Crippen MR) is 93.8 cm³/mol. The molecule has 0 saturated heterocycles. The number of amides is 2. The third kappa shape index (κ3) is 3.02. The van der Waals surface area contributed by atoms with Crippen molar-refractivity contribution in [3.8, 4) is 0 Å². The molecule has 7 heteroatoms. The Morgan fingerprint density at radius 1 is 1.04 bits per heavy atom. The van der Waals surface area contributed by atoms with Gasteiger partial charge in [-0.15, -0.1) is 0 Å². The molecule has 1 heterocycles. The van der Waals surface area contributed by atoms with Gasteiger partial charge in [0.15, 0.2) is 0 Å². The van der Waals surface area contributed by atoms with Crippen LogP contribution in [0.15, 0.2) is 47.4 Å². The van der Waals surface area contributed by atoms with Crippen LogP contribution >= 0.6 is 0 Å². The summed E-state index contributed by atoms with van der Waals surface area (Å²) >= 11 is 0. The van der Waals surface area contributed by atoms with Crippen LogP contribution in [-0.4, -0.2) is 31.1 Å². The SMILES string of the molecule is Cc1cccc(C)c1NC(=O)CCN1C(=O)c2ccccc2S1(=O)=O. The maximum Gasteiger partial charge on any atom is 0.269 e. The lowest BCUT2D eigenvalue weighted by Gasteiger charge is -2.16. The fraction of sp³-hybridized carbons (Fsp3) is 0.222. The van der Waals surface area contributed by atoms with Crippen LogP contribution in [0.1, 0.15) is 27.9 Å². The summed E-state index contributed by atoms with van der Waals surface area (Å²) in [6.45, 7) is 3.58. The van der Waals surface area contributed by atoms with E-state index < -0.39 is 15.9 Å². The molecule has 0 spiro atoms. The van der Waals surface area contributed by atoms with Crippen molar-refractivity contribution < 1.29 is 18.0 Å². The van der Waals surface area contributed by atoms with Gasteiger partial charge < -0.3 is 5.32 Å². The molecular formula is C18H18N2O4S. The van der Waals surface area contributed by atoms with Crippen LogP contribution in [0.25, 0.3) is 0 Å². The second kappa shape index (κ2) is 6.33. The van der Waals surface area contributed by atoms with Gasteiger partial charge in [-0.3, -0.25) is 9.59 Å². The summed E-state index contributed by atoms with van der Waals surface area (Å²) in [7, 11) is -3.88. The minimum atomic E-state index is -3.88. The molecule has 2 amide bonds. The van der Waals surface area contributed by atoms with Crippen molar-refractivity contribution in [1.29, 1.82) is 0 Å². The number of nitrogens with one attached hydrogen (secondary N) is 1. The highest BCUT2D eigenvalue weighted by molar-refractivity contribution is 7.90. The average Bonchev–Trinajstić information content (AvgIpc) is 2.76. The molecular weight excluding hydrogens is 340 g/mol. The minimum absolute atomic E-state index is 0.00448. The Morgan fingerprint density at radius 3 is 2.32 bits per heavy atom. The van der Waals surface area contributed by atoms with Crippen molar-refractivity contribution >= 4 is 27.5 Å². The van der Waals surface area contributed by atoms with Crippen LogP contribution in [-0.2, 0) is 14.8 Å². The van der Waals surface area contributed by atoms with Crippen LogP contribution in [0.3, 0.4) is 0 Å². The fourth-order valence-corrected chi connectivity index (χ4v) is 4.44. The molecule has 0 unspecified atom stereocenters. The van der Waals surface area contributed by atoms with Gasteiger partial charge in [0.05, 0.1) is 5.56 Å². The first-order valence-electron chi connectivity index (χ1n) is 7.84. The highest BCUT2D eigenvalue weighted by Crippen LogP contribution is 2.30. The van der Waals surface area contributed by atoms with Crippen molar-refractivity contribution in [2.24, 2.45) is 0 Å². The Kier molecular flexibility index (Phi) is 4.34. The summed E-state index contributed by atoms with van der Waals surface area (Å²) < 4.78 is 25.7. The largest absolute Gasteiger partial charge is 0.326 e. The van der Waals surface area contributed by atoms with Gasteiger partial charge in [0.25, 0.3) is 15.9 Å². The van der Waals surface area contributed by atoms with Crippen LogP contribution in [0.5, 0.6) is 0 Å². The number of carbonyl (C=O) groups is 2. The topological polar surface area (TPSA) is 83.6 Å². The molecule has 0 fully saturated rings. The number of aryl methyl sites for hydroxylation is 2. The molecule has 0 aliphatic carbocycles. The first-order chi connectivity index (χ1) is 11.8. The minimum Gasteiger partial charge on any atom is -0.326 e. The van der Waals surface area contributed by atoms with E-state index in [0.717, 1.165) is 15.4 Å². The van der Waals surface area contributed by atoms with Gasteiger partial charge >= 0.3 is 0 Å². The van der Waals surface area contributed by atoms with Gasteiger partial charge in [0, 0.05) is 18.7 Å². The highest BCUT2D eigenvalue weighted by atomic mass is 32.2. The van der Waals surface area contributed by atoms with E-state index in [9.17, 15) is 18.0 Å². The summed E-state index contributed by atoms with van der Waals surface area (Å²) in [6, 6.07) is 11.7. The van der Waals surface area contributed by atoms with Crippen LogP contribution in [0.4, 0.5) is 5.69 Å². The van der Waals surface area contributed by atoms with E-state index in [-0.39, 0.29) is 29.3 Å². The van der Waals surface area contributed by atoms with Crippen molar-refractivity contribution in [2.45, 2.75) is 25.2 Å². The first kappa shape index (κ1) is 17.2. The molecule has 0 saturated carbocycles. The van der Waals surface area contributed by atoms with Gasteiger partial charge in [-0.05, 0) is 37.1 Å². The third-order valence-corrected chi connectivity index (χ3v) is 6.04. The van der Waals surface area contributed by atoms with Crippen molar-refractivity contribution in [3.63, 3.8) is 0 Å². The zero-order chi connectivity index (χ0) is 18.2. The molecule has 25 heavy (non-hydrogen) atoms. The fourth-order valence-electron chi connectivity index (χ4n) is 2.87. The molecule has 0 radical (unpaired) electrons. The summed E-state index contributed by atoms with van der Waals surface area (Å²) in [6.07, 6.45) is -0.104. The molecule has 130 valence electrons. The summed E-state index contributed by atoms with van der Waals surface area (Å²) in [5.41, 5.74) is 2.71. The van der Waals surface area contributed by atoms with Gasteiger partial charge in [-0.1, -0.05) is 30.3 Å². The lowest BCUT2D eigenvalue weighted by Crippen LogP contribution is -2.33. The van der Waals surface area contributed by atoms with Crippen LogP contribution < -0.4 is 5.32 Å². The molecule has 2 aromatic carbocycles. The zero-order valence-electron chi connectivity index (χ0n) is 13.9. The highest BCUT2D eigenvalue weighted by Gasteiger charge is 2.40. The molecule has 1 aliphatic heterocycles. The number of benzene rings is 2. The predicted octanol–water partition coefficient (Wildman–Crippen LogP) is 2.48. The van der Waals surface area contributed by atoms with Gasteiger partial charge in [0.2, 0.25) is 5.91 Å². The summed E-state index contributed by atoms with van der Waals surface area (Å²) in [5.74, 6) is -0.924. The average molecular weight is 358 g/mol. The monoisotopic (exact) mass is 358 g/mol. The number of para-hydroxylation sites is 1. The molecule has 6 nitrogen and oxygen atoms in total. The van der Waals surface area contributed by atoms with E-state index in [4.69, 9.17) is 0 Å².